The number of hydrogen-bond donors (Lipinski definition) is 1. The van der Waals surface area contributed by atoms with Crippen LogP contribution in [0.25, 0.3) is 0 Å². The molecule has 1 aliphatic rings. The molecule has 0 aliphatic carbocycles. The minimum absolute atomic E-state index is 0.0735. The van der Waals surface area contributed by atoms with Crippen molar-refractivity contribution in [2.24, 2.45) is 0 Å². The molecule has 1 fully saturated rings. The third-order valence-corrected chi connectivity index (χ3v) is 3.45. The van der Waals surface area contributed by atoms with Crippen LogP contribution in [0, 0.1) is 0 Å². The van der Waals surface area contributed by atoms with Crippen molar-refractivity contribution in [3.63, 3.8) is 0 Å². The Balaban J connectivity index is 2.49. The van der Waals surface area contributed by atoms with E-state index < -0.39 is 0 Å². The van der Waals surface area contributed by atoms with Gasteiger partial charge in [-0.1, -0.05) is 20.3 Å². The summed E-state index contributed by atoms with van der Waals surface area (Å²) >= 11 is 0. The van der Waals surface area contributed by atoms with Crippen LogP contribution in [0.3, 0.4) is 0 Å². The molecule has 1 N–H and O–H groups in total. The summed E-state index contributed by atoms with van der Waals surface area (Å²) in [5.74, 6) is 0.281. The third kappa shape index (κ3) is 3.20. The number of piperidine rings is 1. The largest absolute Gasteiger partial charge is 0.341 e. The molecule has 1 amide bonds. The average molecular weight is 212 g/mol. The van der Waals surface area contributed by atoms with E-state index >= 15 is 0 Å². The monoisotopic (exact) mass is 212 g/mol. The van der Waals surface area contributed by atoms with Gasteiger partial charge >= 0.3 is 0 Å². The number of carbonyl (C=O) groups excluding carboxylic acids is 1. The third-order valence-electron chi connectivity index (χ3n) is 3.45. The maximum Gasteiger partial charge on any atom is 0.239 e. The van der Waals surface area contributed by atoms with Gasteiger partial charge < -0.3 is 10.2 Å². The fourth-order valence-corrected chi connectivity index (χ4v) is 2.32. The minimum Gasteiger partial charge on any atom is -0.341 e. The number of hydrogen-bond acceptors (Lipinski definition) is 2. The van der Waals surface area contributed by atoms with Gasteiger partial charge in [0.2, 0.25) is 5.91 Å². The topological polar surface area (TPSA) is 32.3 Å². The molecule has 0 bridgehead atoms. The van der Waals surface area contributed by atoms with Crippen LogP contribution in [0.4, 0.5) is 0 Å². The van der Waals surface area contributed by atoms with Crippen molar-refractivity contribution in [2.45, 2.75) is 58.0 Å². The van der Waals surface area contributed by atoms with Crippen LogP contribution in [0.5, 0.6) is 0 Å². The first kappa shape index (κ1) is 12.5. The molecule has 1 aliphatic heterocycles. The van der Waals surface area contributed by atoms with Crippen molar-refractivity contribution in [3.05, 3.63) is 0 Å². The highest BCUT2D eigenvalue weighted by Crippen LogP contribution is 2.13. The molecule has 88 valence electrons. The molecule has 3 nitrogen and oxygen atoms in total. The lowest BCUT2D eigenvalue weighted by atomic mass is 10.0. The Morgan fingerprint density at radius 2 is 2.07 bits per heavy atom. The summed E-state index contributed by atoms with van der Waals surface area (Å²) in [6.07, 6.45) is 5.49. The van der Waals surface area contributed by atoms with Crippen molar-refractivity contribution in [1.29, 1.82) is 0 Å². The van der Waals surface area contributed by atoms with E-state index in [2.05, 4.69) is 19.2 Å². The molecule has 0 spiro atoms. The summed E-state index contributed by atoms with van der Waals surface area (Å²) in [7, 11) is 1.94. The number of likely N-dealkylation sites (N-methyl/N-ethyl adjacent to an activating group) is 1. The van der Waals surface area contributed by atoms with Crippen LogP contribution in [0.1, 0.15) is 46.0 Å². The molecule has 0 radical (unpaired) electrons. The molecule has 15 heavy (non-hydrogen) atoms. The molecule has 1 saturated heterocycles. The van der Waals surface area contributed by atoms with Gasteiger partial charge in [0.25, 0.3) is 0 Å². The van der Waals surface area contributed by atoms with Crippen LogP contribution in [-0.4, -0.2) is 36.5 Å². The van der Waals surface area contributed by atoms with Crippen molar-refractivity contribution in [1.82, 2.24) is 10.2 Å². The van der Waals surface area contributed by atoms with E-state index in [4.69, 9.17) is 0 Å². The van der Waals surface area contributed by atoms with Gasteiger partial charge in [-0.2, -0.15) is 0 Å². The lowest BCUT2D eigenvalue weighted by Gasteiger charge is -2.32. The summed E-state index contributed by atoms with van der Waals surface area (Å²) in [5.41, 5.74) is 0. The summed E-state index contributed by atoms with van der Waals surface area (Å²) < 4.78 is 0. The highest BCUT2D eigenvalue weighted by molar-refractivity contribution is 5.82. The standard InChI is InChI=1S/C12H24N2O/c1-4-10(5-2)14(3)12(15)11-8-6-7-9-13-11/h10-11,13H,4-9H2,1-3H3. The summed E-state index contributed by atoms with van der Waals surface area (Å²) in [5, 5.41) is 3.31. The zero-order valence-corrected chi connectivity index (χ0v) is 10.3. The first-order valence-electron chi connectivity index (χ1n) is 6.20. The lowest BCUT2D eigenvalue weighted by Crippen LogP contribution is -2.50. The van der Waals surface area contributed by atoms with Gasteiger partial charge in [-0.25, -0.2) is 0 Å². The Kier molecular flexibility index (Phi) is 5.09. The normalized spacial score (nSPS) is 21.7. The number of nitrogens with zero attached hydrogens (tertiary/aromatic N) is 1. The first-order valence-corrected chi connectivity index (χ1v) is 6.20. The van der Waals surface area contributed by atoms with Gasteiger partial charge in [-0.3, -0.25) is 4.79 Å². The Morgan fingerprint density at radius 3 is 2.53 bits per heavy atom. The van der Waals surface area contributed by atoms with Crippen LogP contribution < -0.4 is 5.32 Å². The highest BCUT2D eigenvalue weighted by Gasteiger charge is 2.26. The quantitative estimate of drug-likeness (QED) is 0.770. The Labute approximate surface area is 93.2 Å². The van der Waals surface area contributed by atoms with Gasteiger partial charge in [0, 0.05) is 13.1 Å². The number of nitrogens with one attached hydrogen (secondary N) is 1. The zero-order chi connectivity index (χ0) is 11.3. The van der Waals surface area contributed by atoms with Crippen molar-refractivity contribution in [2.75, 3.05) is 13.6 Å². The second-order valence-corrected chi connectivity index (χ2v) is 4.42. The van der Waals surface area contributed by atoms with Gasteiger partial charge in [-0.15, -0.1) is 0 Å². The highest BCUT2D eigenvalue weighted by atomic mass is 16.2. The van der Waals surface area contributed by atoms with E-state index in [0.717, 1.165) is 25.8 Å². The second kappa shape index (κ2) is 6.11. The summed E-state index contributed by atoms with van der Waals surface area (Å²) in [4.78, 5) is 14.1. The van der Waals surface area contributed by atoms with E-state index in [1.165, 1.54) is 12.8 Å². The molecule has 1 heterocycles. The van der Waals surface area contributed by atoms with Gasteiger partial charge in [-0.05, 0) is 32.2 Å². The molecule has 0 aromatic carbocycles. The molecule has 0 aromatic rings. The fourth-order valence-electron chi connectivity index (χ4n) is 2.32. The Morgan fingerprint density at radius 1 is 1.40 bits per heavy atom. The Hall–Kier alpha value is -0.570. The van der Waals surface area contributed by atoms with E-state index in [9.17, 15) is 4.79 Å². The van der Waals surface area contributed by atoms with E-state index in [0.29, 0.717) is 6.04 Å². The molecular formula is C12H24N2O. The number of rotatable bonds is 4. The maximum absolute atomic E-state index is 12.1. The van der Waals surface area contributed by atoms with Crippen LogP contribution in [0.15, 0.2) is 0 Å². The van der Waals surface area contributed by atoms with Gasteiger partial charge in [0.15, 0.2) is 0 Å². The van der Waals surface area contributed by atoms with Gasteiger partial charge in [0.05, 0.1) is 6.04 Å². The summed E-state index contributed by atoms with van der Waals surface area (Å²) in [6, 6.07) is 0.477. The van der Waals surface area contributed by atoms with Crippen molar-refractivity contribution < 1.29 is 4.79 Å². The average Bonchev–Trinajstić information content (AvgIpc) is 2.30. The molecule has 1 rings (SSSR count). The van der Waals surface area contributed by atoms with Gasteiger partial charge in [0.1, 0.15) is 0 Å². The molecular weight excluding hydrogens is 188 g/mol. The summed E-state index contributed by atoms with van der Waals surface area (Å²) in [6.45, 7) is 5.28. The molecule has 1 unspecified atom stereocenters. The lowest BCUT2D eigenvalue weighted by molar-refractivity contribution is -0.135. The fraction of sp³-hybridized carbons (Fsp3) is 0.917. The minimum atomic E-state index is 0.0735. The van der Waals surface area contributed by atoms with Crippen LogP contribution in [-0.2, 0) is 4.79 Å². The van der Waals surface area contributed by atoms with Crippen LogP contribution in [0.2, 0.25) is 0 Å². The first-order chi connectivity index (χ1) is 7.20. The SMILES string of the molecule is CCC(CC)N(C)C(=O)C1CCCCN1. The van der Waals surface area contributed by atoms with E-state index in [1.54, 1.807) is 0 Å². The van der Waals surface area contributed by atoms with Crippen LogP contribution >= 0.6 is 0 Å². The predicted molar refractivity (Wildman–Crippen MR) is 62.8 cm³/mol. The zero-order valence-electron chi connectivity index (χ0n) is 10.3. The maximum atomic E-state index is 12.1. The Bertz CT molecular complexity index is 196. The van der Waals surface area contributed by atoms with Crippen molar-refractivity contribution in [3.8, 4) is 0 Å². The predicted octanol–water partition coefficient (Wildman–Crippen LogP) is 1.78. The smallest absolute Gasteiger partial charge is 0.239 e. The molecule has 0 aromatic heterocycles. The number of amides is 1. The number of carbonyl (C=O) groups is 1. The molecule has 3 heteroatoms. The van der Waals surface area contributed by atoms with Crippen molar-refractivity contribution >= 4 is 5.91 Å². The van der Waals surface area contributed by atoms with E-state index in [1.807, 2.05) is 11.9 Å². The molecule has 1 atom stereocenters. The molecule has 0 saturated carbocycles. The van der Waals surface area contributed by atoms with E-state index in [-0.39, 0.29) is 11.9 Å². The second-order valence-electron chi connectivity index (χ2n) is 4.42.